The van der Waals surface area contributed by atoms with Crippen LogP contribution in [0.3, 0.4) is 0 Å². The zero-order chi connectivity index (χ0) is 16.4. The first-order valence-corrected chi connectivity index (χ1v) is 8.24. The molecule has 1 heterocycles. The minimum absolute atomic E-state index is 0.0308. The first-order valence-electron chi connectivity index (χ1n) is 8.24. The SMILES string of the molecule is COc1ccc([C@H]2CC(=O)N(C(C)=O)C2)cc1OC1CCCC1. The molecule has 1 saturated carbocycles. The summed E-state index contributed by atoms with van der Waals surface area (Å²) in [5.41, 5.74) is 1.02. The molecule has 1 aliphatic carbocycles. The van der Waals surface area contributed by atoms with Crippen LogP contribution in [-0.2, 0) is 9.59 Å². The van der Waals surface area contributed by atoms with Crippen molar-refractivity contribution in [2.45, 2.75) is 51.0 Å². The van der Waals surface area contributed by atoms with Crippen molar-refractivity contribution >= 4 is 11.8 Å². The summed E-state index contributed by atoms with van der Waals surface area (Å²) in [6, 6.07) is 5.82. The Morgan fingerprint density at radius 1 is 1.22 bits per heavy atom. The number of carbonyl (C=O) groups excluding carboxylic acids is 2. The Morgan fingerprint density at radius 3 is 2.57 bits per heavy atom. The number of hydrogen-bond donors (Lipinski definition) is 0. The molecule has 1 saturated heterocycles. The molecule has 124 valence electrons. The van der Waals surface area contributed by atoms with Gasteiger partial charge in [0, 0.05) is 25.8 Å². The predicted molar refractivity (Wildman–Crippen MR) is 85.6 cm³/mol. The van der Waals surface area contributed by atoms with E-state index in [1.165, 1.54) is 24.7 Å². The smallest absolute Gasteiger partial charge is 0.229 e. The Balaban J connectivity index is 1.80. The van der Waals surface area contributed by atoms with Crippen LogP contribution in [-0.4, -0.2) is 36.5 Å². The number of hydrogen-bond acceptors (Lipinski definition) is 4. The maximum absolute atomic E-state index is 11.9. The monoisotopic (exact) mass is 317 g/mol. The van der Waals surface area contributed by atoms with Gasteiger partial charge in [-0.25, -0.2) is 0 Å². The molecule has 0 N–H and O–H groups in total. The average Bonchev–Trinajstić information content (AvgIpc) is 3.16. The Labute approximate surface area is 136 Å². The molecular weight excluding hydrogens is 294 g/mol. The second-order valence-electron chi connectivity index (χ2n) is 6.36. The average molecular weight is 317 g/mol. The molecule has 1 atom stereocenters. The van der Waals surface area contributed by atoms with E-state index >= 15 is 0 Å². The molecular formula is C18H23NO4. The first kappa shape index (κ1) is 15.8. The van der Waals surface area contributed by atoms with Crippen LogP contribution >= 0.6 is 0 Å². The van der Waals surface area contributed by atoms with E-state index in [1.54, 1.807) is 7.11 Å². The number of benzene rings is 1. The lowest BCUT2D eigenvalue weighted by Gasteiger charge is -2.18. The predicted octanol–water partition coefficient (Wildman–Crippen LogP) is 2.88. The number of imide groups is 1. The van der Waals surface area contributed by atoms with Crippen LogP contribution < -0.4 is 9.47 Å². The molecule has 2 fully saturated rings. The van der Waals surface area contributed by atoms with Gasteiger partial charge in [-0.2, -0.15) is 0 Å². The Bertz CT molecular complexity index is 607. The van der Waals surface area contributed by atoms with Gasteiger partial charge < -0.3 is 9.47 Å². The molecule has 1 aromatic rings. The molecule has 1 aromatic carbocycles. The van der Waals surface area contributed by atoms with Crippen LogP contribution in [0.4, 0.5) is 0 Å². The summed E-state index contributed by atoms with van der Waals surface area (Å²) in [6.45, 7) is 1.88. The van der Waals surface area contributed by atoms with Gasteiger partial charge in [-0.05, 0) is 43.4 Å². The van der Waals surface area contributed by atoms with Crippen molar-refractivity contribution in [3.63, 3.8) is 0 Å². The van der Waals surface area contributed by atoms with E-state index in [1.807, 2.05) is 18.2 Å². The number of carbonyl (C=O) groups is 2. The fourth-order valence-electron chi connectivity index (χ4n) is 3.46. The summed E-state index contributed by atoms with van der Waals surface area (Å²) >= 11 is 0. The second kappa shape index (κ2) is 6.60. The van der Waals surface area contributed by atoms with Crippen molar-refractivity contribution < 1.29 is 19.1 Å². The zero-order valence-corrected chi connectivity index (χ0v) is 13.7. The summed E-state index contributed by atoms with van der Waals surface area (Å²) in [7, 11) is 1.63. The number of methoxy groups -OCH3 is 1. The lowest BCUT2D eigenvalue weighted by atomic mass is 9.98. The van der Waals surface area contributed by atoms with Crippen LogP contribution in [0.2, 0.25) is 0 Å². The van der Waals surface area contributed by atoms with Gasteiger partial charge in [-0.1, -0.05) is 6.07 Å². The van der Waals surface area contributed by atoms with E-state index in [0.29, 0.717) is 18.7 Å². The summed E-state index contributed by atoms with van der Waals surface area (Å²) < 4.78 is 11.5. The molecule has 0 spiro atoms. The van der Waals surface area contributed by atoms with E-state index in [-0.39, 0.29) is 23.8 Å². The zero-order valence-electron chi connectivity index (χ0n) is 13.7. The number of likely N-dealkylation sites (tertiary alicyclic amines) is 1. The van der Waals surface area contributed by atoms with E-state index in [9.17, 15) is 9.59 Å². The highest BCUT2D eigenvalue weighted by Crippen LogP contribution is 2.36. The molecule has 23 heavy (non-hydrogen) atoms. The normalized spacial score (nSPS) is 21.7. The van der Waals surface area contributed by atoms with Crippen molar-refractivity contribution in [1.29, 1.82) is 0 Å². The summed E-state index contributed by atoms with van der Waals surface area (Å²) in [5, 5.41) is 0. The molecule has 2 amide bonds. The minimum Gasteiger partial charge on any atom is -0.493 e. The highest BCUT2D eigenvalue weighted by atomic mass is 16.5. The van der Waals surface area contributed by atoms with Gasteiger partial charge >= 0.3 is 0 Å². The second-order valence-corrected chi connectivity index (χ2v) is 6.36. The maximum Gasteiger partial charge on any atom is 0.229 e. The van der Waals surface area contributed by atoms with E-state index in [2.05, 4.69) is 0 Å². The fraction of sp³-hybridized carbons (Fsp3) is 0.556. The Morgan fingerprint density at radius 2 is 1.96 bits per heavy atom. The maximum atomic E-state index is 11.9. The van der Waals surface area contributed by atoms with Gasteiger partial charge in [0.1, 0.15) is 0 Å². The van der Waals surface area contributed by atoms with E-state index in [4.69, 9.17) is 9.47 Å². The molecule has 5 heteroatoms. The van der Waals surface area contributed by atoms with Crippen molar-refractivity contribution in [3.8, 4) is 11.5 Å². The lowest BCUT2D eigenvalue weighted by Crippen LogP contribution is -2.29. The summed E-state index contributed by atoms with van der Waals surface area (Å²) in [6.07, 6.45) is 5.18. The molecule has 0 bridgehead atoms. The minimum atomic E-state index is -0.187. The van der Waals surface area contributed by atoms with Gasteiger partial charge in [0.05, 0.1) is 13.2 Å². The van der Waals surface area contributed by atoms with Gasteiger partial charge in [0.15, 0.2) is 11.5 Å². The molecule has 0 unspecified atom stereocenters. The van der Waals surface area contributed by atoms with Crippen molar-refractivity contribution in [1.82, 2.24) is 4.90 Å². The van der Waals surface area contributed by atoms with Crippen LogP contribution in [0.5, 0.6) is 11.5 Å². The lowest BCUT2D eigenvalue weighted by molar-refractivity contribution is -0.140. The van der Waals surface area contributed by atoms with Crippen LogP contribution in [0, 0.1) is 0 Å². The highest BCUT2D eigenvalue weighted by Gasteiger charge is 2.33. The molecule has 5 nitrogen and oxygen atoms in total. The standard InChI is InChI=1S/C18H23NO4/c1-12(20)19-11-14(10-18(19)21)13-7-8-16(22-2)17(9-13)23-15-5-3-4-6-15/h7-9,14-15H,3-6,10-11H2,1-2H3/t14-/m0/s1. The fourth-order valence-corrected chi connectivity index (χ4v) is 3.46. The largest absolute Gasteiger partial charge is 0.493 e. The Kier molecular flexibility index (Phi) is 4.55. The van der Waals surface area contributed by atoms with Crippen molar-refractivity contribution in [2.24, 2.45) is 0 Å². The topological polar surface area (TPSA) is 55.8 Å². The summed E-state index contributed by atoms with van der Waals surface area (Å²) in [4.78, 5) is 24.8. The van der Waals surface area contributed by atoms with Gasteiger partial charge in [-0.15, -0.1) is 0 Å². The highest BCUT2D eigenvalue weighted by molar-refractivity contribution is 5.96. The number of rotatable bonds is 4. The van der Waals surface area contributed by atoms with Gasteiger partial charge in [0.25, 0.3) is 0 Å². The van der Waals surface area contributed by atoms with Crippen molar-refractivity contribution in [3.05, 3.63) is 23.8 Å². The molecule has 0 aromatic heterocycles. The van der Waals surface area contributed by atoms with Gasteiger partial charge in [-0.3, -0.25) is 14.5 Å². The number of ether oxygens (including phenoxy) is 2. The van der Waals surface area contributed by atoms with Crippen LogP contribution in [0.25, 0.3) is 0 Å². The first-order chi connectivity index (χ1) is 11.1. The van der Waals surface area contributed by atoms with E-state index in [0.717, 1.165) is 24.2 Å². The molecule has 2 aliphatic rings. The van der Waals surface area contributed by atoms with Crippen LogP contribution in [0.1, 0.15) is 50.5 Å². The third-order valence-electron chi connectivity index (χ3n) is 4.76. The number of nitrogens with zero attached hydrogens (tertiary/aromatic N) is 1. The van der Waals surface area contributed by atoms with Crippen molar-refractivity contribution in [2.75, 3.05) is 13.7 Å². The van der Waals surface area contributed by atoms with E-state index < -0.39 is 0 Å². The third-order valence-corrected chi connectivity index (χ3v) is 4.76. The van der Waals surface area contributed by atoms with Crippen LogP contribution in [0.15, 0.2) is 18.2 Å². The number of amides is 2. The summed E-state index contributed by atoms with van der Waals surface area (Å²) in [5.74, 6) is 1.20. The Hall–Kier alpha value is -2.04. The molecule has 3 rings (SSSR count). The molecule has 1 aliphatic heterocycles. The third kappa shape index (κ3) is 3.33. The molecule has 0 radical (unpaired) electrons. The quantitative estimate of drug-likeness (QED) is 0.857. The van der Waals surface area contributed by atoms with Gasteiger partial charge in [0.2, 0.25) is 11.8 Å².